The third-order valence-corrected chi connectivity index (χ3v) is 2.40. The minimum atomic E-state index is 0. The summed E-state index contributed by atoms with van der Waals surface area (Å²) in [6.07, 6.45) is 0. The molecule has 72 valence electrons. The summed E-state index contributed by atoms with van der Waals surface area (Å²) in [5, 5.41) is 0. The Hall–Kier alpha value is -0.510. The van der Waals surface area contributed by atoms with Crippen LogP contribution in [0.1, 0.15) is 11.1 Å². The van der Waals surface area contributed by atoms with E-state index in [0.717, 1.165) is 0 Å². The van der Waals surface area contributed by atoms with E-state index in [9.17, 15) is 0 Å². The molecule has 1 rings (SSSR count). The van der Waals surface area contributed by atoms with Crippen LogP contribution in [0.4, 0.5) is 14.1 Å². The SMILES string of the molecule is Cc1cccc(Br)c1C.F.F.F. The van der Waals surface area contributed by atoms with Crippen molar-refractivity contribution in [3.63, 3.8) is 0 Å². The van der Waals surface area contributed by atoms with Crippen LogP contribution in [0.3, 0.4) is 0 Å². The Morgan fingerprint density at radius 1 is 1.00 bits per heavy atom. The Bertz CT molecular complexity index is 205. The standard InChI is InChI=1S/C8H9Br.3FH/c1-6-4-3-5-8(9)7(6)2;;;/h3-5H,1-2H3;3*1H. The second-order valence-electron chi connectivity index (χ2n) is 2.18. The predicted molar refractivity (Wildman–Crippen MR) is 51.1 cm³/mol. The smallest absolute Gasteiger partial charge is 0.0207 e. The molecule has 0 fully saturated rings. The van der Waals surface area contributed by atoms with E-state index in [1.807, 2.05) is 6.07 Å². The van der Waals surface area contributed by atoms with Crippen molar-refractivity contribution >= 4 is 15.9 Å². The van der Waals surface area contributed by atoms with Crippen molar-refractivity contribution in [2.75, 3.05) is 0 Å². The molecule has 4 heteroatoms. The molecule has 12 heavy (non-hydrogen) atoms. The number of rotatable bonds is 0. The zero-order valence-electron chi connectivity index (χ0n) is 6.83. The number of hydrogen-bond donors (Lipinski definition) is 0. The summed E-state index contributed by atoms with van der Waals surface area (Å²) in [6.45, 7) is 4.22. The van der Waals surface area contributed by atoms with Gasteiger partial charge in [-0.15, -0.1) is 0 Å². The highest BCUT2D eigenvalue weighted by Gasteiger charge is 1.93. The monoisotopic (exact) mass is 244 g/mol. The van der Waals surface area contributed by atoms with Gasteiger partial charge in [-0.1, -0.05) is 28.1 Å². The van der Waals surface area contributed by atoms with E-state index >= 15 is 0 Å². The molecular weight excluding hydrogens is 233 g/mol. The Labute approximate surface area is 78.2 Å². The number of halogens is 4. The van der Waals surface area contributed by atoms with Crippen molar-refractivity contribution in [2.24, 2.45) is 0 Å². The van der Waals surface area contributed by atoms with Crippen LogP contribution < -0.4 is 0 Å². The quantitative estimate of drug-likeness (QED) is 0.656. The first kappa shape index (κ1) is 17.5. The van der Waals surface area contributed by atoms with E-state index in [4.69, 9.17) is 0 Å². The van der Waals surface area contributed by atoms with E-state index in [1.165, 1.54) is 15.6 Å². The summed E-state index contributed by atoms with van der Waals surface area (Å²) in [4.78, 5) is 0. The highest BCUT2D eigenvalue weighted by atomic mass is 79.9. The van der Waals surface area contributed by atoms with Gasteiger partial charge >= 0.3 is 0 Å². The van der Waals surface area contributed by atoms with Gasteiger partial charge in [0.1, 0.15) is 0 Å². The van der Waals surface area contributed by atoms with E-state index < -0.39 is 0 Å². The van der Waals surface area contributed by atoms with Gasteiger partial charge in [0.15, 0.2) is 0 Å². The van der Waals surface area contributed by atoms with Crippen LogP contribution in [0.2, 0.25) is 0 Å². The van der Waals surface area contributed by atoms with Gasteiger partial charge < -0.3 is 0 Å². The van der Waals surface area contributed by atoms with Gasteiger partial charge in [-0.05, 0) is 31.0 Å². The fraction of sp³-hybridized carbons (Fsp3) is 0.250. The summed E-state index contributed by atoms with van der Waals surface area (Å²) in [5.41, 5.74) is 2.67. The van der Waals surface area contributed by atoms with Crippen LogP contribution in [0.25, 0.3) is 0 Å². The van der Waals surface area contributed by atoms with Gasteiger partial charge in [0.25, 0.3) is 0 Å². The third kappa shape index (κ3) is 3.76. The van der Waals surface area contributed by atoms with Crippen LogP contribution in [-0.4, -0.2) is 0 Å². The molecule has 0 heterocycles. The topological polar surface area (TPSA) is 0 Å². The van der Waals surface area contributed by atoms with Crippen molar-refractivity contribution in [1.29, 1.82) is 0 Å². The molecule has 0 nitrogen and oxygen atoms in total. The first-order valence-corrected chi connectivity index (χ1v) is 3.73. The molecule has 0 saturated carbocycles. The minimum absolute atomic E-state index is 0. The number of aryl methyl sites for hydroxylation is 1. The lowest BCUT2D eigenvalue weighted by Gasteiger charge is -1.99. The van der Waals surface area contributed by atoms with Gasteiger partial charge in [0.2, 0.25) is 0 Å². The van der Waals surface area contributed by atoms with Gasteiger partial charge in [-0.3, -0.25) is 14.1 Å². The van der Waals surface area contributed by atoms with Gasteiger partial charge in [-0.25, -0.2) is 0 Å². The molecule has 0 radical (unpaired) electrons. The van der Waals surface area contributed by atoms with Crippen molar-refractivity contribution in [2.45, 2.75) is 13.8 Å². The molecule has 0 amide bonds. The molecule has 0 saturated heterocycles. The molecule has 0 unspecified atom stereocenters. The van der Waals surface area contributed by atoms with Crippen molar-refractivity contribution in [1.82, 2.24) is 0 Å². The normalized spacial score (nSPS) is 7.25. The Balaban J connectivity index is -0.000000270. The van der Waals surface area contributed by atoms with E-state index in [2.05, 4.69) is 41.9 Å². The maximum atomic E-state index is 3.45. The molecule has 1 aromatic carbocycles. The van der Waals surface area contributed by atoms with Crippen molar-refractivity contribution in [3.05, 3.63) is 33.8 Å². The first-order chi connectivity index (χ1) is 4.22. The molecule has 0 spiro atoms. The highest BCUT2D eigenvalue weighted by Crippen LogP contribution is 2.17. The zero-order chi connectivity index (χ0) is 6.85. The molecule has 0 aromatic heterocycles. The molecule has 0 N–H and O–H groups in total. The molecule has 0 aliphatic carbocycles. The predicted octanol–water partition coefficient (Wildman–Crippen LogP) is 3.52. The lowest BCUT2D eigenvalue weighted by molar-refractivity contribution is 1.11. The summed E-state index contributed by atoms with van der Waals surface area (Å²) in [5.74, 6) is 0. The van der Waals surface area contributed by atoms with E-state index in [0.29, 0.717) is 0 Å². The second-order valence-corrected chi connectivity index (χ2v) is 3.04. The largest absolute Gasteiger partial charge is 0.269 e. The van der Waals surface area contributed by atoms with Gasteiger partial charge in [0, 0.05) is 4.47 Å². The Morgan fingerprint density at radius 3 is 1.83 bits per heavy atom. The van der Waals surface area contributed by atoms with Crippen LogP contribution in [0.5, 0.6) is 0 Å². The van der Waals surface area contributed by atoms with Gasteiger partial charge in [-0.2, -0.15) is 0 Å². The Morgan fingerprint density at radius 2 is 1.50 bits per heavy atom. The maximum Gasteiger partial charge on any atom is 0.0207 e. The molecule has 0 aliphatic heterocycles. The number of hydrogen-bond acceptors (Lipinski definition) is 0. The van der Waals surface area contributed by atoms with Gasteiger partial charge in [0.05, 0.1) is 0 Å². The molecule has 0 atom stereocenters. The Kier molecular flexibility index (Phi) is 10.5. The fourth-order valence-corrected chi connectivity index (χ4v) is 1.18. The first-order valence-electron chi connectivity index (χ1n) is 2.93. The van der Waals surface area contributed by atoms with Crippen LogP contribution in [0.15, 0.2) is 22.7 Å². The molecule has 0 aliphatic rings. The van der Waals surface area contributed by atoms with Crippen LogP contribution in [-0.2, 0) is 0 Å². The second kappa shape index (κ2) is 7.16. The zero-order valence-corrected chi connectivity index (χ0v) is 8.42. The van der Waals surface area contributed by atoms with Crippen LogP contribution >= 0.6 is 15.9 Å². The van der Waals surface area contributed by atoms with E-state index in [1.54, 1.807) is 0 Å². The average molecular weight is 245 g/mol. The minimum Gasteiger partial charge on any atom is -0.269 e. The van der Waals surface area contributed by atoms with Crippen molar-refractivity contribution < 1.29 is 14.1 Å². The van der Waals surface area contributed by atoms with E-state index in [-0.39, 0.29) is 14.1 Å². The molecule has 1 aromatic rings. The summed E-state index contributed by atoms with van der Waals surface area (Å²) < 4.78 is 1.20. The molecule has 0 bridgehead atoms. The maximum absolute atomic E-state index is 3.45. The number of benzene rings is 1. The molecular formula is C8H12BrF3. The third-order valence-electron chi connectivity index (χ3n) is 1.54. The summed E-state index contributed by atoms with van der Waals surface area (Å²) in [6, 6.07) is 6.22. The summed E-state index contributed by atoms with van der Waals surface area (Å²) >= 11 is 3.45. The van der Waals surface area contributed by atoms with Crippen LogP contribution in [0, 0.1) is 13.8 Å². The lowest BCUT2D eigenvalue weighted by atomic mass is 10.1. The fourth-order valence-electron chi connectivity index (χ4n) is 0.715. The lowest BCUT2D eigenvalue weighted by Crippen LogP contribution is -1.79. The average Bonchev–Trinajstić information content (AvgIpc) is 1.83. The summed E-state index contributed by atoms with van der Waals surface area (Å²) in [7, 11) is 0. The van der Waals surface area contributed by atoms with Crippen molar-refractivity contribution in [3.8, 4) is 0 Å². The highest BCUT2D eigenvalue weighted by molar-refractivity contribution is 9.10.